The quantitative estimate of drug-likeness (QED) is 0.814. The minimum Gasteiger partial charge on any atom is -0.311 e. The molecule has 0 atom stereocenters. The normalized spacial score (nSPS) is 17.6. The van der Waals surface area contributed by atoms with Gasteiger partial charge in [-0.05, 0) is 37.4 Å². The van der Waals surface area contributed by atoms with E-state index in [1.807, 2.05) is 18.2 Å². The first-order chi connectivity index (χ1) is 7.84. The van der Waals surface area contributed by atoms with Crippen molar-refractivity contribution < 1.29 is 0 Å². The maximum absolute atomic E-state index is 5.83. The number of aromatic nitrogens is 1. The first kappa shape index (κ1) is 11.9. The van der Waals surface area contributed by atoms with Crippen molar-refractivity contribution in [1.29, 1.82) is 0 Å². The first-order valence-electron chi connectivity index (χ1n) is 6.17. The second-order valence-corrected chi connectivity index (χ2v) is 4.97. The van der Waals surface area contributed by atoms with E-state index >= 15 is 0 Å². The summed E-state index contributed by atoms with van der Waals surface area (Å²) in [6.07, 6.45) is 7.00. The Labute approximate surface area is 102 Å². The lowest BCUT2D eigenvalue weighted by Gasteiger charge is -2.21. The van der Waals surface area contributed by atoms with Crippen LogP contribution in [-0.2, 0) is 6.54 Å². The van der Waals surface area contributed by atoms with Gasteiger partial charge in [-0.1, -0.05) is 36.9 Å². The summed E-state index contributed by atoms with van der Waals surface area (Å²) >= 11 is 5.83. The van der Waals surface area contributed by atoms with Crippen molar-refractivity contribution in [3.63, 3.8) is 0 Å². The zero-order valence-corrected chi connectivity index (χ0v) is 10.3. The van der Waals surface area contributed by atoms with E-state index in [0.29, 0.717) is 5.15 Å². The average Bonchev–Trinajstić information content (AvgIpc) is 2.30. The molecule has 1 aromatic rings. The summed E-state index contributed by atoms with van der Waals surface area (Å²) in [5.74, 6) is 0.868. The molecular weight excluding hydrogens is 220 g/mol. The Morgan fingerprint density at radius 2 is 2.06 bits per heavy atom. The monoisotopic (exact) mass is 238 g/mol. The molecule has 0 spiro atoms. The van der Waals surface area contributed by atoms with Gasteiger partial charge >= 0.3 is 0 Å². The Bertz CT molecular complexity index is 321. The van der Waals surface area contributed by atoms with E-state index in [2.05, 4.69) is 10.3 Å². The van der Waals surface area contributed by atoms with Gasteiger partial charge in [-0.25, -0.2) is 4.98 Å². The highest BCUT2D eigenvalue weighted by atomic mass is 35.5. The van der Waals surface area contributed by atoms with Crippen LogP contribution in [0.15, 0.2) is 18.2 Å². The Balaban J connectivity index is 1.71. The van der Waals surface area contributed by atoms with E-state index in [0.717, 1.165) is 24.7 Å². The van der Waals surface area contributed by atoms with Crippen molar-refractivity contribution >= 4 is 11.6 Å². The van der Waals surface area contributed by atoms with Crippen LogP contribution < -0.4 is 5.32 Å². The molecule has 0 aromatic carbocycles. The molecule has 0 bridgehead atoms. The van der Waals surface area contributed by atoms with Crippen LogP contribution >= 0.6 is 11.6 Å². The standard InChI is InChI=1S/C13H19ClN2/c14-13-8-4-7-12(16-13)10-15-9-11-5-2-1-3-6-11/h4,7-8,11,15H,1-3,5-6,9-10H2. The van der Waals surface area contributed by atoms with Crippen molar-refractivity contribution in [2.24, 2.45) is 5.92 Å². The number of halogens is 1. The van der Waals surface area contributed by atoms with Gasteiger partial charge in [0.25, 0.3) is 0 Å². The summed E-state index contributed by atoms with van der Waals surface area (Å²) in [6, 6.07) is 5.78. The molecule has 88 valence electrons. The van der Waals surface area contributed by atoms with Crippen molar-refractivity contribution in [3.05, 3.63) is 29.0 Å². The Hall–Kier alpha value is -0.600. The third kappa shape index (κ3) is 3.76. The summed E-state index contributed by atoms with van der Waals surface area (Å²) in [7, 11) is 0. The molecule has 1 aliphatic rings. The first-order valence-corrected chi connectivity index (χ1v) is 6.54. The van der Waals surface area contributed by atoms with Crippen LogP contribution in [-0.4, -0.2) is 11.5 Å². The van der Waals surface area contributed by atoms with Gasteiger partial charge in [0.05, 0.1) is 5.69 Å². The molecule has 0 saturated heterocycles. The third-order valence-electron chi connectivity index (χ3n) is 3.24. The largest absolute Gasteiger partial charge is 0.311 e. The average molecular weight is 239 g/mol. The van der Waals surface area contributed by atoms with Crippen molar-refractivity contribution in [1.82, 2.24) is 10.3 Å². The van der Waals surface area contributed by atoms with Crippen LogP contribution in [0, 0.1) is 5.92 Å². The molecule has 1 heterocycles. The van der Waals surface area contributed by atoms with Gasteiger partial charge in [-0.3, -0.25) is 0 Å². The van der Waals surface area contributed by atoms with E-state index in [1.54, 1.807) is 0 Å². The Morgan fingerprint density at radius 3 is 2.81 bits per heavy atom. The molecule has 2 rings (SSSR count). The van der Waals surface area contributed by atoms with Gasteiger partial charge in [0.1, 0.15) is 5.15 Å². The van der Waals surface area contributed by atoms with E-state index in [-0.39, 0.29) is 0 Å². The van der Waals surface area contributed by atoms with Crippen molar-refractivity contribution in [3.8, 4) is 0 Å². The van der Waals surface area contributed by atoms with Gasteiger partial charge in [-0.15, -0.1) is 0 Å². The molecule has 1 saturated carbocycles. The van der Waals surface area contributed by atoms with Crippen LogP contribution in [0.2, 0.25) is 5.15 Å². The summed E-state index contributed by atoms with van der Waals surface area (Å²) in [5.41, 5.74) is 1.03. The predicted molar refractivity (Wildman–Crippen MR) is 67.5 cm³/mol. The molecule has 0 aliphatic heterocycles. The lowest BCUT2D eigenvalue weighted by Crippen LogP contribution is -2.24. The van der Waals surface area contributed by atoms with Gasteiger partial charge < -0.3 is 5.32 Å². The number of nitrogens with zero attached hydrogens (tertiary/aromatic N) is 1. The summed E-state index contributed by atoms with van der Waals surface area (Å²) in [5, 5.41) is 4.06. The van der Waals surface area contributed by atoms with E-state index in [4.69, 9.17) is 11.6 Å². The number of hydrogen-bond acceptors (Lipinski definition) is 2. The third-order valence-corrected chi connectivity index (χ3v) is 3.45. The van der Waals surface area contributed by atoms with Crippen LogP contribution in [0.5, 0.6) is 0 Å². The molecule has 0 radical (unpaired) electrons. The van der Waals surface area contributed by atoms with Crippen LogP contribution in [0.1, 0.15) is 37.8 Å². The molecule has 0 unspecified atom stereocenters. The van der Waals surface area contributed by atoms with Crippen LogP contribution in [0.25, 0.3) is 0 Å². The van der Waals surface area contributed by atoms with Gasteiger partial charge in [0, 0.05) is 6.54 Å². The Morgan fingerprint density at radius 1 is 1.25 bits per heavy atom. The highest BCUT2D eigenvalue weighted by Gasteiger charge is 2.12. The van der Waals surface area contributed by atoms with E-state index < -0.39 is 0 Å². The maximum Gasteiger partial charge on any atom is 0.129 e. The van der Waals surface area contributed by atoms with E-state index in [9.17, 15) is 0 Å². The zero-order chi connectivity index (χ0) is 11.2. The minimum atomic E-state index is 0.581. The minimum absolute atomic E-state index is 0.581. The fourth-order valence-electron chi connectivity index (χ4n) is 2.34. The number of nitrogens with one attached hydrogen (secondary N) is 1. The molecule has 1 N–H and O–H groups in total. The molecule has 1 aliphatic carbocycles. The fourth-order valence-corrected chi connectivity index (χ4v) is 2.53. The van der Waals surface area contributed by atoms with Gasteiger partial charge in [-0.2, -0.15) is 0 Å². The molecule has 2 nitrogen and oxygen atoms in total. The van der Waals surface area contributed by atoms with Crippen molar-refractivity contribution in [2.45, 2.75) is 38.6 Å². The van der Waals surface area contributed by atoms with Gasteiger partial charge in [0.2, 0.25) is 0 Å². The van der Waals surface area contributed by atoms with Crippen LogP contribution in [0.3, 0.4) is 0 Å². The Kier molecular flexibility index (Phi) is 4.61. The second-order valence-electron chi connectivity index (χ2n) is 4.59. The smallest absolute Gasteiger partial charge is 0.129 e. The van der Waals surface area contributed by atoms with Crippen molar-refractivity contribution in [2.75, 3.05) is 6.54 Å². The molecule has 0 amide bonds. The highest BCUT2D eigenvalue weighted by Crippen LogP contribution is 2.22. The molecular formula is C13H19ClN2. The summed E-state index contributed by atoms with van der Waals surface area (Å²) in [6.45, 7) is 1.95. The van der Waals surface area contributed by atoms with Crippen LogP contribution in [0.4, 0.5) is 0 Å². The predicted octanol–water partition coefficient (Wildman–Crippen LogP) is 3.40. The zero-order valence-electron chi connectivity index (χ0n) is 9.58. The second kappa shape index (κ2) is 6.21. The lowest BCUT2D eigenvalue weighted by molar-refractivity contribution is 0.341. The number of rotatable bonds is 4. The SMILES string of the molecule is Clc1cccc(CNCC2CCCCC2)n1. The topological polar surface area (TPSA) is 24.9 Å². The molecule has 16 heavy (non-hydrogen) atoms. The number of pyridine rings is 1. The molecule has 1 fully saturated rings. The summed E-state index contributed by atoms with van der Waals surface area (Å²) in [4.78, 5) is 4.26. The lowest BCUT2D eigenvalue weighted by atomic mass is 9.89. The van der Waals surface area contributed by atoms with E-state index in [1.165, 1.54) is 32.1 Å². The molecule has 3 heteroatoms. The summed E-state index contributed by atoms with van der Waals surface area (Å²) < 4.78 is 0. The maximum atomic E-state index is 5.83. The number of hydrogen-bond donors (Lipinski definition) is 1. The molecule has 1 aromatic heterocycles. The fraction of sp³-hybridized carbons (Fsp3) is 0.615. The highest BCUT2D eigenvalue weighted by molar-refractivity contribution is 6.29. The van der Waals surface area contributed by atoms with Gasteiger partial charge in [0.15, 0.2) is 0 Å².